The van der Waals surface area contributed by atoms with E-state index in [0.29, 0.717) is 35.0 Å². The number of nitrogens with zero attached hydrogens (tertiary/aromatic N) is 4. The second-order valence-corrected chi connectivity index (χ2v) is 7.50. The van der Waals surface area contributed by atoms with Gasteiger partial charge in [0.05, 0.1) is 16.8 Å². The number of hydrogen-bond donors (Lipinski definition) is 0. The van der Waals surface area contributed by atoms with E-state index in [4.69, 9.17) is 27.9 Å². The summed E-state index contributed by atoms with van der Waals surface area (Å²) in [7, 11) is 0. The van der Waals surface area contributed by atoms with Gasteiger partial charge in [-0.3, -0.25) is 0 Å². The third-order valence-electron chi connectivity index (χ3n) is 4.33. The maximum Gasteiger partial charge on any atom is 0.417 e. The summed E-state index contributed by atoms with van der Waals surface area (Å²) in [5.41, 5.74) is -0.719. The van der Waals surface area contributed by atoms with Gasteiger partial charge in [0.1, 0.15) is 15.9 Å². The van der Waals surface area contributed by atoms with Crippen molar-refractivity contribution < 1.29 is 17.9 Å². The number of rotatable bonds is 4. The molecule has 146 valence electrons. The van der Waals surface area contributed by atoms with Crippen LogP contribution in [0.2, 0.25) is 10.0 Å². The van der Waals surface area contributed by atoms with Gasteiger partial charge in [-0.25, -0.2) is 15.0 Å². The molecule has 0 radical (unpaired) electrons. The Labute approximate surface area is 164 Å². The van der Waals surface area contributed by atoms with Gasteiger partial charge in [-0.1, -0.05) is 30.1 Å². The summed E-state index contributed by atoms with van der Waals surface area (Å²) in [5, 5.41) is 0.209. The summed E-state index contributed by atoms with van der Waals surface area (Å²) >= 11 is 12.4. The summed E-state index contributed by atoms with van der Waals surface area (Å²) in [4.78, 5) is 14.3. The lowest BCUT2D eigenvalue weighted by atomic mass is 10.2. The Morgan fingerprint density at radius 2 is 1.93 bits per heavy atom. The normalized spacial score (nSPS) is 18.6. The number of halogens is 5. The van der Waals surface area contributed by atoms with Crippen LogP contribution in [0.4, 0.5) is 19.0 Å². The third kappa shape index (κ3) is 3.65. The predicted molar refractivity (Wildman–Crippen MR) is 96.4 cm³/mol. The number of aromatic nitrogens is 3. The molecule has 3 heterocycles. The van der Waals surface area contributed by atoms with Crippen molar-refractivity contribution in [1.29, 1.82) is 0 Å². The van der Waals surface area contributed by atoms with E-state index in [0.717, 1.165) is 6.07 Å². The first kappa shape index (κ1) is 19.9. The lowest BCUT2D eigenvalue weighted by Gasteiger charge is -2.12. The zero-order valence-electron chi connectivity index (χ0n) is 15.0. The van der Waals surface area contributed by atoms with Crippen LogP contribution in [0.25, 0.3) is 0 Å². The van der Waals surface area contributed by atoms with Crippen LogP contribution in [-0.2, 0) is 12.6 Å². The van der Waals surface area contributed by atoms with Crippen LogP contribution in [0, 0.1) is 6.92 Å². The van der Waals surface area contributed by atoms with Crippen LogP contribution >= 0.6 is 23.2 Å². The van der Waals surface area contributed by atoms with Crippen molar-refractivity contribution in [1.82, 2.24) is 15.0 Å². The highest BCUT2D eigenvalue weighted by Gasteiger charge is 2.60. The molecule has 0 bridgehead atoms. The Morgan fingerprint density at radius 3 is 2.48 bits per heavy atom. The molecule has 1 saturated heterocycles. The second-order valence-electron chi connectivity index (χ2n) is 6.71. The van der Waals surface area contributed by atoms with Gasteiger partial charge in [-0.15, -0.1) is 0 Å². The smallest absolute Gasteiger partial charge is 0.417 e. The number of aryl methyl sites for hydroxylation is 2. The average Bonchev–Trinajstić information content (AvgIpc) is 3.10. The maximum absolute atomic E-state index is 12.8. The van der Waals surface area contributed by atoms with Gasteiger partial charge < -0.3 is 9.64 Å². The number of alkyl halides is 3. The first-order valence-corrected chi connectivity index (χ1v) is 8.94. The molecule has 2 aromatic rings. The Morgan fingerprint density at radius 1 is 1.26 bits per heavy atom. The number of hydrogen-bond acceptors (Lipinski definition) is 5. The SMILES string of the molecule is CCc1nc(C)nc(N2C(Oc3ncc(C(F)(F)F)cc3Cl)C2(C)C)c1Cl. The molecule has 1 atom stereocenters. The van der Waals surface area contributed by atoms with E-state index >= 15 is 0 Å². The molecule has 1 fully saturated rings. The molecule has 1 aliphatic rings. The van der Waals surface area contributed by atoms with Gasteiger partial charge in [0.15, 0.2) is 12.0 Å². The lowest BCUT2D eigenvalue weighted by Crippen LogP contribution is -2.12. The fourth-order valence-electron chi connectivity index (χ4n) is 2.80. The fraction of sp³-hybridized carbons (Fsp3) is 0.471. The van der Waals surface area contributed by atoms with Crippen molar-refractivity contribution in [3.63, 3.8) is 0 Å². The van der Waals surface area contributed by atoms with E-state index in [1.807, 2.05) is 25.7 Å². The first-order chi connectivity index (χ1) is 12.5. The highest BCUT2D eigenvalue weighted by Crippen LogP contribution is 2.48. The molecular weight excluding hydrogens is 404 g/mol. The van der Waals surface area contributed by atoms with E-state index in [1.54, 1.807) is 6.92 Å². The topological polar surface area (TPSA) is 50.9 Å². The zero-order valence-corrected chi connectivity index (χ0v) is 16.5. The van der Waals surface area contributed by atoms with Gasteiger partial charge in [0.25, 0.3) is 0 Å². The van der Waals surface area contributed by atoms with Gasteiger partial charge in [0, 0.05) is 6.20 Å². The largest absolute Gasteiger partial charge is 0.450 e. The summed E-state index contributed by atoms with van der Waals surface area (Å²) in [5.74, 6) is 1.00. The second kappa shape index (κ2) is 6.67. The first-order valence-electron chi connectivity index (χ1n) is 8.18. The van der Waals surface area contributed by atoms with E-state index in [-0.39, 0.29) is 10.9 Å². The van der Waals surface area contributed by atoms with Crippen LogP contribution in [0.5, 0.6) is 5.88 Å². The minimum Gasteiger partial charge on any atom is -0.450 e. The van der Waals surface area contributed by atoms with Crippen molar-refractivity contribution in [2.45, 2.75) is 52.1 Å². The minimum atomic E-state index is -4.53. The molecule has 0 amide bonds. The fourth-order valence-corrected chi connectivity index (χ4v) is 3.32. The molecule has 10 heteroatoms. The highest BCUT2D eigenvalue weighted by atomic mass is 35.5. The molecule has 0 aromatic carbocycles. The number of anilines is 1. The Bertz CT molecular complexity index is 889. The monoisotopic (exact) mass is 420 g/mol. The van der Waals surface area contributed by atoms with Crippen molar-refractivity contribution in [2.75, 3.05) is 4.90 Å². The summed E-state index contributed by atoms with van der Waals surface area (Å²) in [6.45, 7) is 7.49. The van der Waals surface area contributed by atoms with Crippen LogP contribution in [0.15, 0.2) is 12.3 Å². The van der Waals surface area contributed by atoms with E-state index in [9.17, 15) is 13.2 Å². The Kier molecular flexibility index (Phi) is 4.93. The molecule has 2 aromatic heterocycles. The van der Waals surface area contributed by atoms with Crippen LogP contribution in [0.3, 0.4) is 0 Å². The quantitative estimate of drug-likeness (QED) is 0.646. The van der Waals surface area contributed by atoms with Gasteiger partial charge in [-0.2, -0.15) is 13.2 Å². The van der Waals surface area contributed by atoms with Crippen molar-refractivity contribution in [3.8, 4) is 5.88 Å². The average molecular weight is 421 g/mol. The molecular formula is C17H17Cl2F3N4O. The minimum absolute atomic E-state index is 0.0807. The van der Waals surface area contributed by atoms with E-state index in [2.05, 4.69) is 15.0 Å². The summed E-state index contributed by atoms with van der Waals surface area (Å²) < 4.78 is 44.0. The molecule has 27 heavy (non-hydrogen) atoms. The molecule has 1 unspecified atom stereocenters. The highest BCUT2D eigenvalue weighted by molar-refractivity contribution is 6.33. The van der Waals surface area contributed by atoms with Crippen molar-refractivity contribution in [2.24, 2.45) is 0 Å². The maximum atomic E-state index is 12.8. The number of pyridine rings is 1. The van der Waals surface area contributed by atoms with Crippen LogP contribution < -0.4 is 9.64 Å². The zero-order chi connectivity index (χ0) is 20.1. The summed E-state index contributed by atoms with van der Waals surface area (Å²) in [6.07, 6.45) is -3.72. The lowest BCUT2D eigenvalue weighted by molar-refractivity contribution is -0.137. The van der Waals surface area contributed by atoms with Crippen molar-refractivity contribution in [3.05, 3.63) is 39.4 Å². The third-order valence-corrected chi connectivity index (χ3v) is 4.99. The molecule has 0 spiro atoms. The van der Waals surface area contributed by atoms with Gasteiger partial charge in [-0.05, 0) is 33.3 Å². The standard InChI is InChI=1S/C17H17Cl2F3N4O/c1-5-11-12(19)13(25-8(2)24-11)26-15(16(26,3)4)27-14-10(18)6-9(7-23-14)17(20,21)22/h6-7,15H,5H2,1-4H3. The molecule has 3 rings (SSSR count). The molecule has 5 nitrogen and oxygen atoms in total. The van der Waals surface area contributed by atoms with E-state index < -0.39 is 23.5 Å². The predicted octanol–water partition coefficient (Wildman–Crippen LogP) is 5.07. The molecule has 0 aliphatic carbocycles. The Balaban J connectivity index is 1.89. The van der Waals surface area contributed by atoms with Gasteiger partial charge >= 0.3 is 6.18 Å². The molecule has 0 N–H and O–H groups in total. The summed E-state index contributed by atoms with van der Waals surface area (Å²) in [6, 6.07) is 0.792. The Hall–Kier alpha value is -1.80. The van der Waals surface area contributed by atoms with E-state index in [1.165, 1.54) is 0 Å². The number of ether oxygens (including phenoxy) is 1. The van der Waals surface area contributed by atoms with Crippen LogP contribution in [-0.4, -0.2) is 26.7 Å². The molecule has 0 saturated carbocycles. The molecule has 1 aliphatic heterocycles. The van der Waals surface area contributed by atoms with Crippen LogP contribution in [0.1, 0.15) is 37.9 Å². The van der Waals surface area contributed by atoms with Gasteiger partial charge in [0.2, 0.25) is 5.88 Å². The van der Waals surface area contributed by atoms with Crippen molar-refractivity contribution >= 4 is 29.0 Å².